The number of isothiocyanates is 1. The van der Waals surface area contributed by atoms with Crippen LogP contribution in [0.25, 0.3) is 0 Å². The molecule has 0 atom stereocenters. The van der Waals surface area contributed by atoms with Gasteiger partial charge in [-0.1, -0.05) is 5.21 Å². The Morgan fingerprint density at radius 3 is 3.11 bits per heavy atom. The van der Waals surface area contributed by atoms with E-state index in [1.807, 2.05) is 0 Å². The minimum absolute atomic E-state index is 0.616. The smallest absolute Gasteiger partial charge is 0.181 e. The molecule has 5 heteroatoms. The minimum atomic E-state index is 0.616. The van der Waals surface area contributed by atoms with E-state index in [9.17, 15) is 0 Å². The maximum atomic E-state index is 4.37. The molecule has 0 aromatic carbocycles. The minimum Gasteiger partial charge on any atom is -0.230 e. The summed E-state index contributed by atoms with van der Waals surface area (Å²) in [5, 5.41) is 9.41. The molecule has 4 nitrogen and oxygen atoms in total. The number of aromatic nitrogens is 3. The normalized spacial score (nSPS) is 8.56. The number of thiocarbonyl (C=S) groups is 1. The van der Waals surface area contributed by atoms with Crippen LogP contribution in [0.2, 0.25) is 0 Å². The van der Waals surface area contributed by atoms with Crippen molar-refractivity contribution in [2.75, 3.05) is 0 Å². The summed E-state index contributed by atoms with van der Waals surface area (Å²) < 4.78 is 1.51. The molecule has 0 saturated heterocycles. The highest BCUT2D eigenvalue weighted by molar-refractivity contribution is 7.78. The molecule has 0 radical (unpaired) electrons. The summed E-state index contributed by atoms with van der Waals surface area (Å²) in [5.41, 5.74) is 0. The summed E-state index contributed by atoms with van der Waals surface area (Å²) in [6.45, 7) is 0. The van der Waals surface area contributed by atoms with Crippen molar-refractivity contribution >= 4 is 23.2 Å². The number of hydrogen-bond donors (Lipinski definition) is 0. The summed E-state index contributed by atoms with van der Waals surface area (Å²) in [5.74, 6) is 0.616. The highest BCUT2D eigenvalue weighted by Crippen LogP contribution is 2.03. The molecule has 1 aromatic rings. The van der Waals surface area contributed by atoms with Gasteiger partial charge in [-0.2, -0.15) is 4.99 Å². The van der Waals surface area contributed by atoms with Gasteiger partial charge in [-0.25, -0.2) is 4.68 Å². The van der Waals surface area contributed by atoms with Gasteiger partial charge in [0.1, 0.15) is 0 Å². The second kappa shape index (κ2) is 2.48. The zero-order chi connectivity index (χ0) is 6.69. The molecule has 1 rings (SSSR count). The summed E-state index contributed by atoms with van der Waals surface area (Å²) in [7, 11) is 1.73. The first-order chi connectivity index (χ1) is 4.34. The Morgan fingerprint density at radius 1 is 1.89 bits per heavy atom. The van der Waals surface area contributed by atoms with Crippen LogP contribution in [0.4, 0.5) is 5.82 Å². The topological polar surface area (TPSA) is 43.1 Å². The molecule has 0 saturated carbocycles. The van der Waals surface area contributed by atoms with Gasteiger partial charge in [-0.3, -0.25) is 0 Å². The van der Waals surface area contributed by atoms with E-state index < -0.39 is 0 Å². The Balaban J connectivity index is 3.07. The molecule has 9 heavy (non-hydrogen) atoms. The molecule has 1 aromatic heterocycles. The van der Waals surface area contributed by atoms with Gasteiger partial charge in [0.2, 0.25) is 0 Å². The van der Waals surface area contributed by atoms with E-state index in [4.69, 9.17) is 0 Å². The van der Waals surface area contributed by atoms with Crippen LogP contribution < -0.4 is 0 Å². The average molecular weight is 140 g/mol. The first-order valence-electron chi connectivity index (χ1n) is 2.27. The lowest BCUT2D eigenvalue weighted by Crippen LogP contribution is -1.88. The molecule has 46 valence electrons. The quantitative estimate of drug-likeness (QED) is 0.422. The van der Waals surface area contributed by atoms with Crippen molar-refractivity contribution in [2.45, 2.75) is 0 Å². The first-order valence-corrected chi connectivity index (χ1v) is 2.68. The van der Waals surface area contributed by atoms with Crippen LogP contribution in [0, 0.1) is 0 Å². The monoisotopic (exact) mass is 140 g/mol. The van der Waals surface area contributed by atoms with Crippen LogP contribution in [0.5, 0.6) is 0 Å². The van der Waals surface area contributed by atoms with Gasteiger partial charge in [0.25, 0.3) is 0 Å². The Morgan fingerprint density at radius 2 is 2.67 bits per heavy atom. The van der Waals surface area contributed by atoms with E-state index in [0.29, 0.717) is 5.82 Å². The molecular weight excluding hydrogens is 136 g/mol. The number of aliphatic imine (C=N–C) groups is 1. The van der Waals surface area contributed by atoms with Crippen molar-refractivity contribution in [3.05, 3.63) is 6.20 Å². The van der Waals surface area contributed by atoms with Crippen molar-refractivity contribution < 1.29 is 0 Å². The highest BCUT2D eigenvalue weighted by atomic mass is 32.1. The van der Waals surface area contributed by atoms with Crippen molar-refractivity contribution in [1.29, 1.82) is 0 Å². The van der Waals surface area contributed by atoms with E-state index in [2.05, 4.69) is 32.7 Å². The second-order valence-electron chi connectivity index (χ2n) is 1.42. The van der Waals surface area contributed by atoms with Crippen molar-refractivity contribution in [3.63, 3.8) is 0 Å². The molecule has 0 aliphatic heterocycles. The lowest BCUT2D eigenvalue weighted by atomic mass is 10.8. The van der Waals surface area contributed by atoms with Gasteiger partial charge in [-0.15, -0.1) is 5.10 Å². The molecule has 0 unspecified atom stereocenters. The number of nitrogens with zero attached hydrogens (tertiary/aromatic N) is 4. The summed E-state index contributed by atoms with van der Waals surface area (Å²) in [4.78, 5) is 3.67. The van der Waals surface area contributed by atoms with Crippen molar-refractivity contribution in [2.24, 2.45) is 12.0 Å². The predicted octanol–water partition coefficient (Wildman–Crippen LogP) is 0.549. The fraction of sp³-hybridized carbons (Fsp3) is 0.250. The van der Waals surface area contributed by atoms with Gasteiger partial charge in [0.15, 0.2) is 5.82 Å². The van der Waals surface area contributed by atoms with Crippen molar-refractivity contribution in [3.8, 4) is 0 Å². The van der Waals surface area contributed by atoms with Gasteiger partial charge in [0.05, 0.1) is 11.4 Å². The fourth-order valence-corrected chi connectivity index (χ4v) is 0.526. The standard InChI is InChI=1S/C4H4N4S/c1-8-4(5-3-9)2-6-7-8/h2H,1H3. The maximum Gasteiger partial charge on any atom is 0.181 e. The summed E-state index contributed by atoms with van der Waals surface area (Å²) >= 11 is 4.37. The largest absolute Gasteiger partial charge is 0.230 e. The number of hydrogen-bond acceptors (Lipinski definition) is 4. The van der Waals surface area contributed by atoms with Gasteiger partial charge >= 0.3 is 0 Å². The third-order valence-electron chi connectivity index (χ3n) is 0.851. The van der Waals surface area contributed by atoms with Gasteiger partial charge in [0, 0.05) is 7.05 Å². The molecular formula is C4H4N4S. The predicted molar refractivity (Wildman–Crippen MR) is 35.7 cm³/mol. The van der Waals surface area contributed by atoms with Crippen LogP contribution in [-0.4, -0.2) is 20.2 Å². The molecule has 0 amide bonds. The van der Waals surface area contributed by atoms with Gasteiger partial charge < -0.3 is 0 Å². The van der Waals surface area contributed by atoms with E-state index in [0.717, 1.165) is 0 Å². The molecule has 0 aliphatic carbocycles. The van der Waals surface area contributed by atoms with Crippen LogP contribution in [0.3, 0.4) is 0 Å². The molecule has 0 N–H and O–H groups in total. The fourth-order valence-electron chi connectivity index (χ4n) is 0.432. The zero-order valence-electron chi connectivity index (χ0n) is 4.77. The van der Waals surface area contributed by atoms with Crippen LogP contribution in [0.15, 0.2) is 11.2 Å². The van der Waals surface area contributed by atoms with Crippen LogP contribution >= 0.6 is 12.2 Å². The number of rotatable bonds is 1. The molecule has 0 fully saturated rings. The molecule has 1 heterocycles. The number of aryl methyl sites for hydroxylation is 1. The average Bonchev–Trinajstić information content (AvgIpc) is 2.18. The molecule has 0 bridgehead atoms. The van der Waals surface area contributed by atoms with E-state index in [-0.39, 0.29) is 0 Å². The summed E-state index contributed by atoms with van der Waals surface area (Å²) in [6.07, 6.45) is 1.51. The Hall–Kier alpha value is -1.06. The van der Waals surface area contributed by atoms with E-state index >= 15 is 0 Å². The second-order valence-corrected chi connectivity index (χ2v) is 1.60. The van der Waals surface area contributed by atoms with Gasteiger partial charge in [-0.05, 0) is 12.2 Å². The Bertz CT molecular complexity index is 247. The summed E-state index contributed by atoms with van der Waals surface area (Å²) in [6, 6.07) is 0. The molecule has 0 spiro atoms. The van der Waals surface area contributed by atoms with Crippen LogP contribution in [-0.2, 0) is 7.05 Å². The zero-order valence-corrected chi connectivity index (χ0v) is 5.59. The van der Waals surface area contributed by atoms with Crippen molar-refractivity contribution in [1.82, 2.24) is 15.0 Å². The lowest BCUT2D eigenvalue weighted by Gasteiger charge is -1.84. The third-order valence-corrected chi connectivity index (χ3v) is 0.942. The Labute approximate surface area is 57.2 Å². The van der Waals surface area contributed by atoms with E-state index in [1.165, 1.54) is 10.9 Å². The van der Waals surface area contributed by atoms with Crippen LogP contribution in [0.1, 0.15) is 0 Å². The maximum absolute atomic E-state index is 4.37. The highest BCUT2D eigenvalue weighted by Gasteiger charge is 1.91. The lowest BCUT2D eigenvalue weighted by molar-refractivity contribution is 0.718. The van der Waals surface area contributed by atoms with E-state index in [1.54, 1.807) is 7.05 Å². The third kappa shape index (κ3) is 1.19. The Kier molecular flexibility index (Phi) is 1.67. The SMILES string of the molecule is Cn1nncc1N=C=S. The first kappa shape index (κ1) is 6.07. The molecule has 0 aliphatic rings.